The SMILES string of the molecule is CCC[C@@H](C)N(C)C(=O)Nc1nccs1. The number of carbonyl (C=O) groups is 1. The van der Waals surface area contributed by atoms with Crippen LogP contribution in [0.3, 0.4) is 0 Å². The smallest absolute Gasteiger partial charge is 0.323 e. The molecule has 0 saturated carbocycles. The van der Waals surface area contributed by atoms with Gasteiger partial charge in [0, 0.05) is 24.7 Å². The molecule has 0 radical (unpaired) electrons. The Kier molecular flexibility index (Phi) is 4.55. The average Bonchev–Trinajstić information content (AvgIpc) is 2.69. The number of amides is 2. The third-order valence-corrected chi connectivity index (χ3v) is 3.02. The van der Waals surface area contributed by atoms with E-state index in [0.717, 1.165) is 12.8 Å². The van der Waals surface area contributed by atoms with Crippen LogP contribution < -0.4 is 5.32 Å². The van der Waals surface area contributed by atoms with Gasteiger partial charge < -0.3 is 4.90 Å². The summed E-state index contributed by atoms with van der Waals surface area (Å²) in [6, 6.07) is 0.167. The van der Waals surface area contributed by atoms with Gasteiger partial charge in [0.05, 0.1) is 0 Å². The van der Waals surface area contributed by atoms with Gasteiger partial charge in [-0.1, -0.05) is 13.3 Å². The summed E-state index contributed by atoms with van der Waals surface area (Å²) in [6.45, 7) is 4.16. The number of anilines is 1. The third-order valence-electron chi connectivity index (χ3n) is 2.33. The molecule has 0 fully saturated rings. The molecule has 4 nitrogen and oxygen atoms in total. The Morgan fingerprint density at radius 2 is 2.47 bits per heavy atom. The largest absolute Gasteiger partial charge is 0.325 e. The van der Waals surface area contributed by atoms with Gasteiger partial charge in [-0.05, 0) is 13.3 Å². The predicted molar refractivity (Wildman–Crippen MR) is 63.3 cm³/mol. The Balaban J connectivity index is 2.46. The summed E-state index contributed by atoms with van der Waals surface area (Å²) in [5.41, 5.74) is 0. The van der Waals surface area contributed by atoms with Crippen molar-refractivity contribution >= 4 is 22.5 Å². The van der Waals surface area contributed by atoms with Crippen LogP contribution in [-0.2, 0) is 0 Å². The molecule has 0 aromatic carbocycles. The summed E-state index contributed by atoms with van der Waals surface area (Å²) in [6.07, 6.45) is 3.77. The molecular weight excluding hydrogens is 210 g/mol. The summed E-state index contributed by atoms with van der Waals surface area (Å²) in [5, 5.41) is 5.24. The molecule has 1 N–H and O–H groups in total. The first kappa shape index (κ1) is 12.0. The normalized spacial score (nSPS) is 12.2. The van der Waals surface area contributed by atoms with E-state index in [2.05, 4.69) is 17.2 Å². The molecule has 15 heavy (non-hydrogen) atoms. The van der Waals surface area contributed by atoms with Gasteiger partial charge in [-0.15, -0.1) is 11.3 Å². The number of rotatable bonds is 4. The molecule has 0 saturated heterocycles. The van der Waals surface area contributed by atoms with E-state index in [1.807, 2.05) is 19.4 Å². The monoisotopic (exact) mass is 227 g/mol. The van der Waals surface area contributed by atoms with Gasteiger partial charge in [0.2, 0.25) is 0 Å². The molecule has 1 rings (SSSR count). The number of hydrogen-bond acceptors (Lipinski definition) is 3. The molecule has 84 valence electrons. The van der Waals surface area contributed by atoms with Gasteiger partial charge in [-0.25, -0.2) is 9.78 Å². The fourth-order valence-corrected chi connectivity index (χ4v) is 1.79. The zero-order chi connectivity index (χ0) is 11.3. The van der Waals surface area contributed by atoms with E-state index in [-0.39, 0.29) is 12.1 Å². The highest BCUT2D eigenvalue weighted by molar-refractivity contribution is 7.13. The van der Waals surface area contributed by atoms with Crippen LogP contribution in [0, 0.1) is 0 Å². The van der Waals surface area contributed by atoms with Crippen LogP contribution in [0.15, 0.2) is 11.6 Å². The van der Waals surface area contributed by atoms with Crippen molar-refractivity contribution < 1.29 is 4.79 Å². The predicted octanol–water partition coefficient (Wildman–Crippen LogP) is 2.80. The molecule has 0 aliphatic heterocycles. The van der Waals surface area contributed by atoms with Gasteiger partial charge in [-0.3, -0.25) is 5.32 Å². The number of hydrogen-bond donors (Lipinski definition) is 1. The minimum absolute atomic E-state index is 0.0918. The topological polar surface area (TPSA) is 45.2 Å². The van der Waals surface area contributed by atoms with E-state index >= 15 is 0 Å². The van der Waals surface area contributed by atoms with Crippen molar-refractivity contribution in [3.63, 3.8) is 0 Å². The highest BCUT2D eigenvalue weighted by Crippen LogP contribution is 2.12. The third kappa shape index (κ3) is 3.51. The number of nitrogens with zero attached hydrogens (tertiary/aromatic N) is 2. The molecule has 1 heterocycles. The Morgan fingerprint density at radius 1 is 1.73 bits per heavy atom. The van der Waals surface area contributed by atoms with E-state index in [1.54, 1.807) is 11.1 Å². The van der Waals surface area contributed by atoms with Crippen molar-refractivity contribution in [3.8, 4) is 0 Å². The van der Waals surface area contributed by atoms with E-state index in [1.165, 1.54) is 11.3 Å². The van der Waals surface area contributed by atoms with Crippen molar-refractivity contribution in [3.05, 3.63) is 11.6 Å². The van der Waals surface area contributed by atoms with E-state index in [0.29, 0.717) is 5.13 Å². The molecular formula is C10H17N3OS. The minimum Gasteiger partial charge on any atom is -0.325 e. The van der Waals surface area contributed by atoms with Crippen LogP contribution in [0.2, 0.25) is 0 Å². The molecule has 1 atom stereocenters. The fraction of sp³-hybridized carbons (Fsp3) is 0.600. The van der Waals surface area contributed by atoms with Gasteiger partial charge in [0.25, 0.3) is 0 Å². The van der Waals surface area contributed by atoms with E-state index < -0.39 is 0 Å². The Morgan fingerprint density at radius 3 is 3.00 bits per heavy atom. The van der Waals surface area contributed by atoms with Gasteiger partial charge in [0.1, 0.15) is 0 Å². The quantitative estimate of drug-likeness (QED) is 0.859. The summed E-state index contributed by atoms with van der Waals surface area (Å²) >= 11 is 1.42. The number of thiazole rings is 1. The lowest BCUT2D eigenvalue weighted by atomic mass is 10.2. The van der Waals surface area contributed by atoms with Crippen molar-refractivity contribution in [1.82, 2.24) is 9.88 Å². The number of carbonyl (C=O) groups excluding carboxylic acids is 1. The first-order valence-corrected chi connectivity index (χ1v) is 5.96. The first-order valence-electron chi connectivity index (χ1n) is 5.08. The molecule has 1 aromatic rings. The second kappa shape index (κ2) is 5.70. The van der Waals surface area contributed by atoms with Gasteiger partial charge in [-0.2, -0.15) is 0 Å². The molecule has 1 aromatic heterocycles. The van der Waals surface area contributed by atoms with Crippen LogP contribution in [0.25, 0.3) is 0 Å². The highest BCUT2D eigenvalue weighted by atomic mass is 32.1. The van der Waals surface area contributed by atoms with Crippen molar-refractivity contribution in [2.45, 2.75) is 32.7 Å². The fourth-order valence-electron chi connectivity index (χ4n) is 1.28. The number of aromatic nitrogens is 1. The molecule has 0 unspecified atom stereocenters. The van der Waals surface area contributed by atoms with Crippen LogP contribution in [-0.4, -0.2) is 29.0 Å². The van der Waals surface area contributed by atoms with Gasteiger partial charge >= 0.3 is 6.03 Å². The van der Waals surface area contributed by atoms with Crippen molar-refractivity contribution in [2.75, 3.05) is 12.4 Å². The van der Waals surface area contributed by atoms with Crippen LogP contribution >= 0.6 is 11.3 Å². The zero-order valence-corrected chi connectivity index (χ0v) is 10.2. The molecule has 5 heteroatoms. The van der Waals surface area contributed by atoms with E-state index in [9.17, 15) is 4.79 Å². The van der Waals surface area contributed by atoms with Crippen molar-refractivity contribution in [1.29, 1.82) is 0 Å². The average molecular weight is 227 g/mol. The van der Waals surface area contributed by atoms with Gasteiger partial charge in [0.15, 0.2) is 5.13 Å². The lowest BCUT2D eigenvalue weighted by Crippen LogP contribution is -2.38. The molecule has 0 aliphatic carbocycles. The zero-order valence-electron chi connectivity index (χ0n) is 9.36. The van der Waals surface area contributed by atoms with Crippen LogP contribution in [0.4, 0.5) is 9.93 Å². The standard InChI is InChI=1S/C10H17N3OS/c1-4-5-8(2)13(3)10(14)12-9-11-6-7-15-9/h6-8H,4-5H2,1-3H3,(H,11,12,14)/t8-/m1/s1. The first-order chi connectivity index (χ1) is 7.15. The van der Waals surface area contributed by atoms with Crippen molar-refractivity contribution in [2.24, 2.45) is 0 Å². The minimum atomic E-state index is -0.0918. The summed E-state index contributed by atoms with van der Waals surface area (Å²) < 4.78 is 0. The molecule has 0 spiro atoms. The lowest BCUT2D eigenvalue weighted by molar-refractivity contribution is 0.205. The summed E-state index contributed by atoms with van der Waals surface area (Å²) in [7, 11) is 1.81. The van der Waals surface area contributed by atoms with Crippen LogP contribution in [0.5, 0.6) is 0 Å². The molecule has 0 bridgehead atoms. The maximum atomic E-state index is 11.7. The molecule has 2 amide bonds. The second-order valence-corrected chi connectivity index (χ2v) is 4.41. The van der Waals surface area contributed by atoms with Crippen LogP contribution in [0.1, 0.15) is 26.7 Å². The lowest BCUT2D eigenvalue weighted by Gasteiger charge is -2.24. The summed E-state index contributed by atoms with van der Waals surface area (Å²) in [4.78, 5) is 17.4. The Bertz CT molecular complexity index is 300. The maximum absolute atomic E-state index is 11.7. The Labute approximate surface area is 94.3 Å². The molecule has 0 aliphatic rings. The second-order valence-electron chi connectivity index (χ2n) is 3.52. The summed E-state index contributed by atoms with van der Waals surface area (Å²) in [5.74, 6) is 0. The highest BCUT2D eigenvalue weighted by Gasteiger charge is 2.15. The number of nitrogens with one attached hydrogen (secondary N) is 1. The Hall–Kier alpha value is -1.10. The van der Waals surface area contributed by atoms with E-state index in [4.69, 9.17) is 0 Å². The maximum Gasteiger partial charge on any atom is 0.323 e. The number of urea groups is 1.